The quantitative estimate of drug-likeness (QED) is 0.656. The summed E-state index contributed by atoms with van der Waals surface area (Å²) >= 11 is 0. The molecule has 2 amide bonds. The summed E-state index contributed by atoms with van der Waals surface area (Å²) in [6.45, 7) is 4.67. The van der Waals surface area contributed by atoms with Crippen LogP contribution in [0.4, 0.5) is 0 Å². The molecule has 2 aliphatic heterocycles. The lowest BCUT2D eigenvalue weighted by molar-refractivity contribution is -0.133. The van der Waals surface area contributed by atoms with Crippen LogP contribution in [-0.4, -0.2) is 69.1 Å². The predicted molar refractivity (Wildman–Crippen MR) is 132 cm³/mol. The van der Waals surface area contributed by atoms with Crippen molar-refractivity contribution < 1.29 is 33.3 Å². The molecular formula is C27H32N2O7. The number of ketones is 1. The minimum absolute atomic E-state index is 0.0837. The summed E-state index contributed by atoms with van der Waals surface area (Å²) < 4.78 is 22.3. The Kier molecular flexibility index (Phi) is 7.10. The zero-order valence-corrected chi connectivity index (χ0v) is 21.4. The van der Waals surface area contributed by atoms with Crippen molar-refractivity contribution in [3.63, 3.8) is 0 Å². The third-order valence-electron chi connectivity index (χ3n) is 6.88. The highest BCUT2D eigenvalue weighted by Gasteiger charge is 2.44. The van der Waals surface area contributed by atoms with E-state index in [-0.39, 0.29) is 23.8 Å². The normalized spacial score (nSPS) is 16.1. The molecule has 0 atom stereocenters. The third kappa shape index (κ3) is 4.82. The molecule has 0 radical (unpaired) electrons. The van der Waals surface area contributed by atoms with Crippen molar-refractivity contribution >= 4 is 17.6 Å². The van der Waals surface area contributed by atoms with E-state index in [0.717, 1.165) is 11.1 Å². The molecule has 9 nitrogen and oxygen atoms in total. The summed E-state index contributed by atoms with van der Waals surface area (Å²) in [5, 5.41) is 2.67. The summed E-state index contributed by atoms with van der Waals surface area (Å²) in [6, 6.07) is 6.96. The number of carbonyl (C=O) groups excluding carboxylic acids is 3. The van der Waals surface area contributed by atoms with Gasteiger partial charge in [-0.05, 0) is 43.2 Å². The maximum absolute atomic E-state index is 12.9. The fraction of sp³-hybridized carbons (Fsp3) is 0.444. The number of likely N-dealkylation sites (tertiary alicyclic amines) is 1. The van der Waals surface area contributed by atoms with Crippen molar-refractivity contribution in [2.45, 2.75) is 38.7 Å². The SMILES string of the molecule is COc1cc(C(=O)NCC(=O)N2CCC3(CC2)CC(=O)c2cc(C)cc(C)c2O3)cc(OC)c1OC. The molecule has 9 heteroatoms. The van der Waals surface area contributed by atoms with Crippen molar-refractivity contribution in [2.24, 2.45) is 0 Å². The van der Waals surface area contributed by atoms with Gasteiger partial charge < -0.3 is 29.2 Å². The van der Waals surface area contributed by atoms with Crippen molar-refractivity contribution in [3.05, 3.63) is 46.5 Å². The van der Waals surface area contributed by atoms with Gasteiger partial charge in [-0.2, -0.15) is 0 Å². The summed E-state index contributed by atoms with van der Waals surface area (Å²) in [6.07, 6.45) is 1.42. The summed E-state index contributed by atoms with van der Waals surface area (Å²) in [5.41, 5.74) is 2.32. The summed E-state index contributed by atoms with van der Waals surface area (Å²) in [7, 11) is 4.42. The van der Waals surface area contributed by atoms with Crippen molar-refractivity contribution in [1.82, 2.24) is 10.2 Å². The van der Waals surface area contributed by atoms with Crippen LogP contribution in [0.25, 0.3) is 0 Å². The van der Waals surface area contributed by atoms with E-state index in [4.69, 9.17) is 18.9 Å². The van der Waals surface area contributed by atoms with Gasteiger partial charge in [-0.15, -0.1) is 0 Å². The van der Waals surface area contributed by atoms with Crippen LogP contribution in [0.15, 0.2) is 24.3 Å². The lowest BCUT2D eigenvalue weighted by Gasteiger charge is -2.44. The number of amides is 2. The van der Waals surface area contributed by atoms with E-state index in [1.165, 1.54) is 33.5 Å². The first-order valence-electron chi connectivity index (χ1n) is 11.9. The van der Waals surface area contributed by atoms with Crippen LogP contribution < -0.4 is 24.3 Å². The number of fused-ring (bicyclic) bond motifs is 1. The number of hydrogen-bond acceptors (Lipinski definition) is 7. The largest absolute Gasteiger partial charge is 0.493 e. The molecule has 0 aliphatic carbocycles. The second kappa shape index (κ2) is 10.1. The van der Waals surface area contributed by atoms with Gasteiger partial charge in [0, 0.05) is 31.5 Å². The highest BCUT2D eigenvalue weighted by Crippen LogP contribution is 2.41. The standard InChI is InChI=1S/C27H32N2O7/c1-16-10-17(2)24-19(11-16)20(30)14-27(36-24)6-8-29(9-7-27)23(31)15-28-26(32)18-12-21(33-3)25(35-5)22(13-18)34-4/h10-13H,6-9,14-15H2,1-5H3,(H,28,32). The topological polar surface area (TPSA) is 103 Å². The Bertz CT molecular complexity index is 1170. The van der Waals surface area contributed by atoms with Crippen LogP contribution in [0, 0.1) is 13.8 Å². The number of aryl methyl sites for hydroxylation is 2. The summed E-state index contributed by atoms with van der Waals surface area (Å²) in [4.78, 5) is 40.2. The number of rotatable bonds is 6. The highest BCUT2D eigenvalue weighted by atomic mass is 16.5. The molecule has 2 heterocycles. The fourth-order valence-corrected chi connectivity index (χ4v) is 4.96. The van der Waals surface area contributed by atoms with E-state index < -0.39 is 11.5 Å². The lowest BCUT2D eigenvalue weighted by Crippen LogP contribution is -2.53. The van der Waals surface area contributed by atoms with Gasteiger partial charge in [-0.25, -0.2) is 0 Å². The van der Waals surface area contributed by atoms with Gasteiger partial charge in [0.15, 0.2) is 17.3 Å². The molecule has 4 rings (SSSR count). The van der Waals surface area contributed by atoms with Gasteiger partial charge in [-0.3, -0.25) is 14.4 Å². The van der Waals surface area contributed by atoms with Crippen LogP contribution in [0.5, 0.6) is 23.0 Å². The Balaban J connectivity index is 1.37. The van der Waals surface area contributed by atoms with Gasteiger partial charge in [0.2, 0.25) is 11.7 Å². The molecule has 0 saturated carbocycles. The van der Waals surface area contributed by atoms with Crippen LogP contribution in [-0.2, 0) is 4.79 Å². The molecule has 1 fully saturated rings. The monoisotopic (exact) mass is 496 g/mol. The maximum atomic E-state index is 12.9. The molecular weight excluding hydrogens is 464 g/mol. The first-order valence-corrected chi connectivity index (χ1v) is 11.9. The molecule has 1 spiro atoms. The number of nitrogens with one attached hydrogen (secondary N) is 1. The van der Waals surface area contributed by atoms with Crippen molar-refractivity contribution in [2.75, 3.05) is 41.0 Å². The number of methoxy groups -OCH3 is 3. The van der Waals surface area contributed by atoms with Crippen LogP contribution in [0.3, 0.4) is 0 Å². The summed E-state index contributed by atoms with van der Waals surface area (Å²) in [5.74, 6) is 1.20. The molecule has 0 bridgehead atoms. The first-order chi connectivity index (χ1) is 17.2. The minimum atomic E-state index is -0.597. The number of hydrogen-bond donors (Lipinski definition) is 1. The Morgan fingerprint density at radius 3 is 2.22 bits per heavy atom. The maximum Gasteiger partial charge on any atom is 0.251 e. The second-order valence-electron chi connectivity index (χ2n) is 9.32. The molecule has 2 aromatic carbocycles. The number of piperidine rings is 1. The Morgan fingerprint density at radius 1 is 1.00 bits per heavy atom. The van der Waals surface area contributed by atoms with E-state index in [1.54, 1.807) is 4.90 Å². The number of benzene rings is 2. The minimum Gasteiger partial charge on any atom is -0.493 e. The van der Waals surface area contributed by atoms with Crippen LogP contribution in [0.2, 0.25) is 0 Å². The number of nitrogens with zero attached hydrogens (tertiary/aromatic N) is 1. The molecule has 2 aliphatic rings. The van der Waals surface area contributed by atoms with Gasteiger partial charge in [-0.1, -0.05) is 6.07 Å². The van der Waals surface area contributed by atoms with Crippen molar-refractivity contribution in [3.8, 4) is 23.0 Å². The zero-order chi connectivity index (χ0) is 26.0. The van der Waals surface area contributed by atoms with Crippen LogP contribution >= 0.6 is 0 Å². The Morgan fingerprint density at radius 2 is 1.64 bits per heavy atom. The predicted octanol–water partition coefficient (Wildman–Crippen LogP) is 3.09. The van der Waals surface area contributed by atoms with Gasteiger partial charge in [0.25, 0.3) is 5.91 Å². The average Bonchev–Trinajstić information content (AvgIpc) is 2.87. The van der Waals surface area contributed by atoms with Gasteiger partial charge >= 0.3 is 0 Å². The van der Waals surface area contributed by atoms with E-state index in [0.29, 0.717) is 60.9 Å². The highest BCUT2D eigenvalue weighted by molar-refractivity contribution is 6.01. The third-order valence-corrected chi connectivity index (χ3v) is 6.88. The molecule has 0 unspecified atom stereocenters. The smallest absolute Gasteiger partial charge is 0.251 e. The van der Waals surface area contributed by atoms with E-state index >= 15 is 0 Å². The van der Waals surface area contributed by atoms with E-state index in [1.807, 2.05) is 26.0 Å². The Hall–Kier alpha value is -3.75. The molecule has 2 aromatic rings. The molecule has 192 valence electrons. The lowest BCUT2D eigenvalue weighted by atomic mass is 9.81. The van der Waals surface area contributed by atoms with Crippen LogP contribution in [0.1, 0.15) is 51.1 Å². The fourth-order valence-electron chi connectivity index (χ4n) is 4.96. The molecule has 1 saturated heterocycles. The number of carbonyl (C=O) groups is 3. The van der Waals surface area contributed by atoms with Crippen molar-refractivity contribution in [1.29, 1.82) is 0 Å². The van der Waals surface area contributed by atoms with E-state index in [2.05, 4.69) is 5.32 Å². The van der Waals surface area contributed by atoms with Gasteiger partial charge in [0.1, 0.15) is 11.4 Å². The number of Topliss-reactive ketones (excluding diaryl/α,β-unsaturated/α-hetero) is 1. The Labute approximate surface area is 210 Å². The van der Waals surface area contributed by atoms with Gasteiger partial charge in [0.05, 0.1) is 39.9 Å². The molecule has 36 heavy (non-hydrogen) atoms. The number of ether oxygens (including phenoxy) is 4. The second-order valence-corrected chi connectivity index (χ2v) is 9.32. The molecule has 0 aromatic heterocycles. The zero-order valence-electron chi connectivity index (χ0n) is 21.4. The average molecular weight is 497 g/mol. The van der Waals surface area contributed by atoms with E-state index in [9.17, 15) is 14.4 Å². The molecule has 1 N–H and O–H groups in total. The first kappa shape index (κ1) is 25.3.